The molecular formula is C51H31N5O. The van der Waals surface area contributed by atoms with E-state index < -0.39 is 0 Å². The molecule has 0 saturated carbocycles. The van der Waals surface area contributed by atoms with Crippen molar-refractivity contribution in [2.75, 3.05) is 0 Å². The molecule has 0 amide bonds. The van der Waals surface area contributed by atoms with Crippen molar-refractivity contribution in [3.63, 3.8) is 0 Å². The Balaban J connectivity index is 1.12. The summed E-state index contributed by atoms with van der Waals surface area (Å²) in [5, 5.41) is 6.98. The molecule has 4 aromatic heterocycles. The molecule has 0 aliphatic rings. The van der Waals surface area contributed by atoms with Gasteiger partial charge in [0.2, 0.25) is 0 Å². The summed E-state index contributed by atoms with van der Waals surface area (Å²) in [5.74, 6) is 1.91. The van der Waals surface area contributed by atoms with Crippen molar-refractivity contribution in [3.05, 3.63) is 188 Å². The lowest BCUT2D eigenvalue weighted by Gasteiger charge is -2.11. The molecule has 0 atom stereocenters. The van der Waals surface area contributed by atoms with Crippen LogP contribution in [0.1, 0.15) is 0 Å². The summed E-state index contributed by atoms with van der Waals surface area (Å²) in [4.78, 5) is 14.9. The average Bonchev–Trinajstić information content (AvgIpc) is 3.93. The maximum atomic E-state index is 6.46. The van der Waals surface area contributed by atoms with Crippen molar-refractivity contribution < 1.29 is 4.42 Å². The van der Waals surface area contributed by atoms with Gasteiger partial charge in [0, 0.05) is 66.4 Å². The molecule has 0 unspecified atom stereocenters. The normalized spacial score (nSPS) is 11.9. The number of hydrogen-bond donors (Lipinski definition) is 0. The van der Waals surface area contributed by atoms with E-state index in [9.17, 15) is 0 Å². The number of fused-ring (bicyclic) bond motifs is 10. The first-order valence-corrected chi connectivity index (χ1v) is 19.1. The highest BCUT2D eigenvalue weighted by atomic mass is 16.3. The second kappa shape index (κ2) is 12.3. The van der Waals surface area contributed by atoms with Crippen molar-refractivity contribution in [1.82, 2.24) is 24.1 Å². The molecule has 0 radical (unpaired) electrons. The van der Waals surface area contributed by atoms with E-state index >= 15 is 0 Å². The van der Waals surface area contributed by atoms with Gasteiger partial charge in [0.25, 0.3) is 0 Å². The topological polar surface area (TPSA) is 61.7 Å². The lowest BCUT2D eigenvalue weighted by molar-refractivity contribution is 0.669. The first-order chi connectivity index (χ1) is 28.3. The maximum absolute atomic E-state index is 6.46. The second-order valence-electron chi connectivity index (χ2n) is 14.4. The van der Waals surface area contributed by atoms with E-state index in [2.05, 4.69) is 124 Å². The van der Waals surface area contributed by atoms with E-state index in [1.807, 2.05) is 72.8 Å². The van der Waals surface area contributed by atoms with Crippen LogP contribution in [0.3, 0.4) is 0 Å². The van der Waals surface area contributed by atoms with E-state index in [1.54, 1.807) is 0 Å². The van der Waals surface area contributed by atoms with Gasteiger partial charge in [-0.3, -0.25) is 0 Å². The Hall–Kier alpha value is -7.83. The van der Waals surface area contributed by atoms with Crippen LogP contribution in [0, 0.1) is 0 Å². The van der Waals surface area contributed by atoms with Crippen LogP contribution >= 0.6 is 0 Å². The van der Waals surface area contributed by atoms with Crippen LogP contribution in [0.2, 0.25) is 0 Å². The van der Waals surface area contributed by atoms with E-state index in [0.29, 0.717) is 17.5 Å². The van der Waals surface area contributed by atoms with Gasteiger partial charge in [-0.1, -0.05) is 121 Å². The zero-order valence-corrected chi connectivity index (χ0v) is 30.5. The molecule has 0 fully saturated rings. The smallest absolute Gasteiger partial charge is 0.164 e. The molecular weight excluding hydrogens is 699 g/mol. The maximum Gasteiger partial charge on any atom is 0.164 e. The number of aromatic nitrogens is 5. The number of para-hydroxylation sites is 3. The summed E-state index contributed by atoms with van der Waals surface area (Å²) in [6.07, 6.45) is 0. The molecule has 0 aliphatic carbocycles. The van der Waals surface area contributed by atoms with Gasteiger partial charge in [-0.15, -0.1) is 0 Å². The van der Waals surface area contributed by atoms with Crippen LogP contribution in [-0.4, -0.2) is 24.1 Å². The van der Waals surface area contributed by atoms with Crippen LogP contribution in [0.25, 0.3) is 111 Å². The fourth-order valence-electron chi connectivity index (χ4n) is 8.60. The SMILES string of the molecule is c1ccc(-c2nc(-c3ccccc3)nc(-c3ccc(-n4c5ccccc5c5ccc6c(c7cc8c(cc7n6-c6ccccc6)oc6ccccc68)c54)cc3)n2)cc1. The summed E-state index contributed by atoms with van der Waals surface area (Å²) < 4.78 is 11.2. The third kappa shape index (κ3) is 4.87. The first-order valence-electron chi connectivity index (χ1n) is 19.1. The summed E-state index contributed by atoms with van der Waals surface area (Å²) in [7, 11) is 0. The summed E-state index contributed by atoms with van der Waals surface area (Å²) in [6.45, 7) is 0. The Bertz CT molecular complexity index is 3430. The highest BCUT2D eigenvalue weighted by molar-refractivity contribution is 6.28. The minimum absolute atomic E-state index is 0.626. The predicted molar refractivity (Wildman–Crippen MR) is 232 cm³/mol. The van der Waals surface area contributed by atoms with Gasteiger partial charge < -0.3 is 13.6 Å². The van der Waals surface area contributed by atoms with Crippen molar-refractivity contribution in [3.8, 4) is 45.5 Å². The monoisotopic (exact) mass is 729 g/mol. The van der Waals surface area contributed by atoms with Gasteiger partial charge in [-0.25, -0.2) is 15.0 Å². The summed E-state index contributed by atoms with van der Waals surface area (Å²) in [5.41, 5.74) is 11.2. The Labute approximate surface area is 326 Å². The molecule has 0 spiro atoms. The fraction of sp³-hybridized carbons (Fsp3) is 0. The second-order valence-corrected chi connectivity index (χ2v) is 14.4. The highest BCUT2D eigenvalue weighted by Gasteiger charge is 2.23. The van der Waals surface area contributed by atoms with Crippen LogP contribution in [-0.2, 0) is 0 Å². The van der Waals surface area contributed by atoms with E-state index in [1.165, 1.54) is 21.5 Å². The molecule has 0 bridgehead atoms. The number of furan rings is 1. The van der Waals surface area contributed by atoms with Crippen molar-refractivity contribution in [1.29, 1.82) is 0 Å². The van der Waals surface area contributed by atoms with Gasteiger partial charge in [0.1, 0.15) is 11.2 Å². The average molecular weight is 730 g/mol. The molecule has 0 N–H and O–H groups in total. The zero-order valence-electron chi connectivity index (χ0n) is 30.5. The fourth-order valence-corrected chi connectivity index (χ4v) is 8.60. The predicted octanol–water partition coefficient (Wildman–Crippen LogP) is 13.0. The van der Waals surface area contributed by atoms with Crippen LogP contribution < -0.4 is 0 Å². The third-order valence-electron chi connectivity index (χ3n) is 11.2. The largest absolute Gasteiger partial charge is 0.456 e. The first kappa shape index (κ1) is 31.5. The minimum Gasteiger partial charge on any atom is -0.456 e. The van der Waals surface area contributed by atoms with E-state index in [4.69, 9.17) is 19.4 Å². The van der Waals surface area contributed by atoms with Gasteiger partial charge >= 0.3 is 0 Å². The summed E-state index contributed by atoms with van der Waals surface area (Å²) in [6, 6.07) is 65.5. The Morgan fingerprint density at radius 2 is 0.895 bits per heavy atom. The summed E-state index contributed by atoms with van der Waals surface area (Å²) >= 11 is 0. The molecule has 8 aromatic carbocycles. The van der Waals surface area contributed by atoms with Crippen LogP contribution in [0.4, 0.5) is 0 Å². The molecule has 266 valence electrons. The number of benzene rings is 8. The molecule has 6 heteroatoms. The van der Waals surface area contributed by atoms with Gasteiger partial charge in [-0.05, 0) is 60.7 Å². The molecule has 0 aliphatic heterocycles. The molecule has 4 heterocycles. The lowest BCUT2D eigenvalue weighted by atomic mass is 10.1. The lowest BCUT2D eigenvalue weighted by Crippen LogP contribution is -2.00. The van der Waals surface area contributed by atoms with E-state index in [0.717, 1.165) is 72.1 Å². The molecule has 6 nitrogen and oxygen atoms in total. The van der Waals surface area contributed by atoms with Crippen LogP contribution in [0.5, 0.6) is 0 Å². The van der Waals surface area contributed by atoms with Crippen LogP contribution in [0.15, 0.2) is 192 Å². The molecule has 0 saturated heterocycles. The standard InChI is InChI=1S/C51H31N5O/c1-4-14-32(15-5-1)49-52-50(33-16-6-2-7-17-33)54-51(53-49)34-24-26-36(27-25-34)56-42-22-12-10-20-37(42)39-28-29-43-47(48(39)56)41-30-40-38-21-11-13-23-45(38)57-46(40)31-44(41)55(43)35-18-8-3-9-19-35/h1-31H. The Morgan fingerprint density at radius 3 is 1.58 bits per heavy atom. The molecule has 57 heavy (non-hydrogen) atoms. The number of hydrogen-bond acceptors (Lipinski definition) is 4. The van der Waals surface area contributed by atoms with Crippen molar-refractivity contribution in [2.45, 2.75) is 0 Å². The van der Waals surface area contributed by atoms with E-state index in [-0.39, 0.29) is 0 Å². The zero-order chi connectivity index (χ0) is 37.5. The van der Waals surface area contributed by atoms with Gasteiger partial charge in [0.15, 0.2) is 17.5 Å². The quantitative estimate of drug-likeness (QED) is 0.177. The Kier molecular flexibility index (Phi) is 6.83. The third-order valence-corrected chi connectivity index (χ3v) is 11.2. The van der Waals surface area contributed by atoms with Gasteiger partial charge in [-0.2, -0.15) is 0 Å². The van der Waals surface area contributed by atoms with Crippen molar-refractivity contribution in [2.24, 2.45) is 0 Å². The molecule has 12 aromatic rings. The minimum atomic E-state index is 0.626. The van der Waals surface area contributed by atoms with Crippen molar-refractivity contribution >= 4 is 65.6 Å². The number of rotatable bonds is 5. The Morgan fingerprint density at radius 1 is 0.333 bits per heavy atom. The number of nitrogens with zero attached hydrogens (tertiary/aromatic N) is 5. The highest BCUT2D eigenvalue weighted by Crippen LogP contribution is 2.44. The van der Waals surface area contributed by atoms with Gasteiger partial charge in [0.05, 0.1) is 22.1 Å². The molecule has 12 rings (SSSR count).